The largest absolute Gasteiger partial charge is 0.328 e. The van der Waals surface area contributed by atoms with Gasteiger partial charge in [0.15, 0.2) is 0 Å². The average Bonchev–Trinajstić information content (AvgIpc) is 2.48. The Balaban J connectivity index is 2.41. The second-order valence-corrected chi connectivity index (χ2v) is 3.22. The zero-order chi connectivity index (χ0) is 8.97. The molecule has 1 rings (SSSR count). The Morgan fingerprint density at radius 1 is 1.67 bits per heavy atom. The molecular formula is C9H17N3. The minimum Gasteiger partial charge on any atom is -0.328 e. The Hall–Kier alpha value is -0.830. The highest BCUT2D eigenvalue weighted by Gasteiger charge is 1.99. The molecule has 1 unspecified atom stereocenters. The lowest BCUT2D eigenvalue weighted by Crippen LogP contribution is -2.15. The Morgan fingerprint density at radius 3 is 2.92 bits per heavy atom. The lowest BCUT2D eigenvalue weighted by Gasteiger charge is -2.01. The van der Waals surface area contributed by atoms with Crippen molar-refractivity contribution >= 4 is 0 Å². The van der Waals surface area contributed by atoms with Gasteiger partial charge >= 0.3 is 0 Å². The predicted molar refractivity (Wildman–Crippen MR) is 49.9 cm³/mol. The number of nitrogens with two attached hydrogens (primary N) is 1. The zero-order valence-corrected chi connectivity index (χ0v) is 7.83. The topological polar surface area (TPSA) is 43.8 Å². The number of nitrogens with zero attached hydrogens (tertiary/aromatic N) is 2. The molecule has 12 heavy (non-hydrogen) atoms. The molecule has 0 fully saturated rings. The van der Waals surface area contributed by atoms with Crippen molar-refractivity contribution in [2.75, 3.05) is 0 Å². The smallest absolute Gasteiger partial charge is 0.0521 e. The van der Waals surface area contributed by atoms with Crippen LogP contribution >= 0.6 is 0 Å². The average molecular weight is 167 g/mol. The van der Waals surface area contributed by atoms with Crippen molar-refractivity contribution in [3.63, 3.8) is 0 Å². The lowest BCUT2D eigenvalue weighted by molar-refractivity contribution is 0.652. The van der Waals surface area contributed by atoms with Crippen LogP contribution in [0.25, 0.3) is 0 Å². The predicted octanol–water partition coefficient (Wildman–Crippen LogP) is 1.18. The summed E-state index contributed by atoms with van der Waals surface area (Å²) in [6.45, 7) is 5.06. The molecule has 0 amide bonds. The third-order valence-corrected chi connectivity index (χ3v) is 1.90. The molecule has 1 aromatic rings. The van der Waals surface area contributed by atoms with Crippen LogP contribution in [0.4, 0.5) is 0 Å². The van der Waals surface area contributed by atoms with E-state index in [1.807, 2.05) is 17.8 Å². The number of aryl methyl sites for hydroxylation is 2. The lowest BCUT2D eigenvalue weighted by atomic mass is 10.1. The van der Waals surface area contributed by atoms with E-state index in [-0.39, 0.29) is 6.04 Å². The van der Waals surface area contributed by atoms with Crippen molar-refractivity contribution in [3.8, 4) is 0 Å². The summed E-state index contributed by atoms with van der Waals surface area (Å²) in [7, 11) is 0. The molecule has 0 aliphatic rings. The third kappa shape index (κ3) is 2.66. The summed E-state index contributed by atoms with van der Waals surface area (Å²) in [6.07, 6.45) is 6.08. The van der Waals surface area contributed by atoms with Crippen molar-refractivity contribution < 1.29 is 0 Å². The van der Waals surface area contributed by atoms with E-state index in [0.717, 1.165) is 19.4 Å². The van der Waals surface area contributed by atoms with Crippen LogP contribution in [0.1, 0.15) is 25.8 Å². The van der Waals surface area contributed by atoms with Crippen LogP contribution in [-0.4, -0.2) is 15.8 Å². The molecule has 0 saturated carbocycles. The first kappa shape index (κ1) is 9.26. The first-order valence-corrected chi connectivity index (χ1v) is 4.49. The third-order valence-electron chi connectivity index (χ3n) is 1.90. The van der Waals surface area contributed by atoms with E-state index in [1.54, 1.807) is 0 Å². The Labute approximate surface area is 73.6 Å². The summed E-state index contributed by atoms with van der Waals surface area (Å²) in [4.78, 5) is 0. The molecule has 1 atom stereocenters. The standard InChI is InChI=1S/C9H17N3/c1-3-12-7-9(6-11-12)5-4-8(2)10/h6-8H,3-5,10H2,1-2H3. The van der Waals surface area contributed by atoms with E-state index in [2.05, 4.69) is 18.2 Å². The summed E-state index contributed by atoms with van der Waals surface area (Å²) >= 11 is 0. The van der Waals surface area contributed by atoms with Crippen LogP contribution in [0.5, 0.6) is 0 Å². The van der Waals surface area contributed by atoms with Crippen LogP contribution in [0.15, 0.2) is 12.4 Å². The zero-order valence-electron chi connectivity index (χ0n) is 7.83. The normalized spacial score (nSPS) is 13.2. The van der Waals surface area contributed by atoms with Crippen molar-refractivity contribution in [3.05, 3.63) is 18.0 Å². The van der Waals surface area contributed by atoms with E-state index in [1.165, 1.54) is 5.56 Å². The van der Waals surface area contributed by atoms with Crippen molar-refractivity contribution in [2.45, 2.75) is 39.3 Å². The van der Waals surface area contributed by atoms with Crippen LogP contribution in [-0.2, 0) is 13.0 Å². The van der Waals surface area contributed by atoms with Gasteiger partial charge < -0.3 is 5.73 Å². The van der Waals surface area contributed by atoms with Gasteiger partial charge in [0.1, 0.15) is 0 Å². The molecule has 3 nitrogen and oxygen atoms in total. The maximum Gasteiger partial charge on any atom is 0.0521 e. The highest BCUT2D eigenvalue weighted by atomic mass is 15.3. The van der Waals surface area contributed by atoms with Crippen LogP contribution < -0.4 is 5.73 Å². The fourth-order valence-electron chi connectivity index (χ4n) is 1.10. The fraction of sp³-hybridized carbons (Fsp3) is 0.667. The van der Waals surface area contributed by atoms with E-state index in [0.29, 0.717) is 0 Å². The maximum absolute atomic E-state index is 5.65. The van der Waals surface area contributed by atoms with Crippen molar-refractivity contribution in [1.82, 2.24) is 9.78 Å². The number of rotatable bonds is 4. The van der Waals surface area contributed by atoms with Crippen LogP contribution in [0, 0.1) is 0 Å². The monoisotopic (exact) mass is 167 g/mol. The van der Waals surface area contributed by atoms with Gasteiger partial charge in [0.2, 0.25) is 0 Å². The van der Waals surface area contributed by atoms with Crippen LogP contribution in [0.2, 0.25) is 0 Å². The summed E-state index contributed by atoms with van der Waals surface area (Å²) in [6, 6.07) is 0.287. The molecular weight excluding hydrogens is 150 g/mol. The van der Waals surface area contributed by atoms with Gasteiger partial charge in [-0.1, -0.05) is 0 Å². The Morgan fingerprint density at radius 2 is 2.42 bits per heavy atom. The molecule has 0 aromatic carbocycles. The van der Waals surface area contributed by atoms with Gasteiger partial charge in [-0.25, -0.2) is 0 Å². The first-order valence-electron chi connectivity index (χ1n) is 4.49. The SMILES string of the molecule is CCn1cc(CCC(C)N)cn1. The molecule has 0 bridgehead atoms. The minimum absolute atomic E-state index is 0.287. The van der Waals surface area contributed by atoms with Gasteiger partial charge in [0.05, 0.1) is 6.20 Å². The molecule has 0 aliphatic heterocycles. The number of hydrogen-bond acceptors (Lipinski definition) is 2. The highest BCUT2D eigenvalue weighted by molar-refractivity contribution is 5.03. The molecule has 0 spiro atoms. The number of aromatic nitrogens is 2. The molecule has 0 saturated heterocycles. The van der Waals surface area contributed by atoms with Gasteiger partial charge in [0, 0.05) is 18.8 Å². The molecule has 1 aromatic heterocycles. The van der Waals surface area contributed by atoms with E-state index in [9.17, 15) is 0 Å². The van der Waals surface area contributed by atoms with Crippen molar-refractivity contribution in [2.24, 2.45) is 5.73 Å². The van der Waals surface area contributed by atoms with Gasteiger partial charge in [0.25, 0.3) is 0 Å². The first-order chi connectivity index (χ1) is 5.72. The molecule has 68 valence electrons. The van der Waals surface area contributed by atoms with E-state index < -0.39 is 0 Å². The summed E-state index contributed by atoms with van der Waals surface area (Å²) in [5.74, 6) is 0. The number of hydrogen-bond donors (Lipinski definition) is 1. The second-order valence-electron chi connectivity index (χ2n) is 3.22. The molecule has 0 aliphatic carbocycles. The van der Waals surface area contributed by atoms with Gasteiger partial charge in [-0.2, -0.15) is 5.10 Å². The quantitative estimate of drug-likeness (QED) is 0.732. The Bertz CT molecular complexity index is 227. The summed E-state index contributed by atoms with van der Waals surface area (Å²) in [5.41, 5.74) is 6.94. The highest BCUT2D eigenvalue weighted by Crippen LogP contribution is 2.02. The van der Waals surface area contributed by atoms with Gasteiger partial charge in [-0.05, 0) is 32.3 Å². The molecule has 0 radical (unpaired) electrons. The van der Waals surface area contributed by atoms with E-state index in [4.69, 9.17) is 5.73 Å². The molecule has 1 heterocycles. The Kier molecular flexibility index (Phi) is 3.29. The maximum atomic E-state index is 5.65. The van der Waals surface area contributed by atoms with Crippen LogP contribution in [0.3, 0.4) is 0 Å². The van der Waals surface area contributed by atoms with Gasteiger partial charge in [-0.15, -0.1) is 0 Å². The fourth-order valence-corrected chi connectivity index (χ4v) is 1.10. The van der Waals surface area contributed by atoms with Gasteiger partial charge in [-0.3, -0.25) is 4.68 Å². The minimum atomic E-state index is 0.287. The summed E-state index contributed by atoms with van der Waals surface area (Å²) in [5, 5.41) is 4.19. The molecule has 2 N–H and O–H groups in total. The summed E-state index contributed by atoms with van der Waals surface area (Å²) < 4.78 is 1.94. The van der Waals surface area contributed by atoms with Crippen molar-refractivity contribution in [1.29, 1.82) is 0 Å². The molecule has 3 heteroatoms. The van der Waals surface area contributed by atoms with E-state index >= 15 is 0 Å². The second kappa shape index (κ2) is 4.26.